The van der Waals surface area contributed by atoms with Gasteiger partial charge in [0.2, 0.25) is 5.88 Å². The molecule has 0 aliphatic carbocycles. The average Bonchev–Trinajstić information content (AvgIpc) is 3.48. The lowest BCUT2D eigenvalue weighted by Gasteiger charge is -2.22. The summed E-state index contributed by atoms with van der Waals surface area (Å²) in [4.78, 5) is 43.3. The fourth-order valence-electron chi connectivity index (χ4n) is 5.97. The molecule has 0 spiro atoms. The predicted molar refractivity (Wildman–Crippen MR) is 195 cm³/mol. The highest BCUT2D eigenvalue weighted by Gasteiger charge is 2.41. The topological polar surface area (TPSA) is 140 Å². The monoisotopic (exact) mass is 730 g/mol. The largest absolute Gasteiger partial charge is 0.459 e. The van der Waals surface area contributed by atoms with E-state index in [1.165, 1.54) is 12.3 Å². The number of hydrogen-bond donors (Lipinski definition) is 0. The van der Waals surface area contributed by atoms with Crippen molar-refractivity contribution in [3.8, 4) is 5.88 Å². The zero-order chi connectivity index (χ0) is 37.9. The van der Waals surface area contributed by atoms with Gasteiger partial charge in [0.05, 0.1) is 11.1 Å². The van der Waals surface area contributed by atoms with Crippen molar-refractivity contribution in [2.45, 2.75) is 103 Å². The van der Waals surface area contributed by atoms with Gasteiger partial charge in [-0.05, 0) is 72.6 Å². The van der Waals surface area contributed by atoms with Gasteiger partial charge >= 0.3 is 27.7 Å². The normalized spacial score (nSPS) is 17.5. The van der Waals surface area contributed by atoms with E-state index in [9.17, 15) is 22.8 Å². The highest BCUT2D eigenvalue weighted by Crippen LogP contribution is 2.36. The molecule has 52 heavy (non-hydrogen) atoms. The molecule has 0 bridgehead atoms. The smallest absolute Gasteiger partial charge is 0.353 e. The summed E-state index contributed by atoms with van der Waals surface area (Å²) in [5.41, 5.74) is 4.05. The lowest BCUT2D eigenvalue weighted by atomic mass is 9.89. The molecule has 0 radical (unpaired) electrons. The minimum atomic E-state index is -4.40. The highest BCUT2D eigenvalue weighted by atomic mass is 32.2. The van der Waals surface area contributed by atoms with Gasteiger partial charge in [0.15, 0.2) is 0 Å². The summed E-state index contributed by atoms with van der Waals surface area (Å²) in [5.74, 6) is -1.65. The van der Waals surface area contributed by atoms with Gasteiger partial charge < -0.3 is 18.4 Å². The zero-order valence-electron chi connectivity index (χ0n) is 30.8. The molecule has 3 atom stereocenters. The van der Waals surface area contributed by atoms with E-state index in [1.807, 2.05) is 53.7 Å². The number of aryl methyl sites for hydroxylation is 2. The third kappa shape index (κ3) is 8.79. The molecule has 2 heterocycles. The highest BCUT2D eigenvalue weighted by molar-refractivity contribution is 7.87. The summed E-state index contributed by atoms with van der Waals surface area (Å²) < 4.78 is 51.9. The molecule has 0 N–H and O–H groups in total. The van der Waals surface area contributed by atoms with Gasteiger partial charge in [-0.3, -0.25) is 4.57 Å². The van der Waals surface area contributed by atoms with Crippen LogP contribution >= 0.6 is 0 Å². The first-order chi connectivity index (χ1) is 24.5. The number of rotatable bonds is 12. The van der Waals surface area contributed by atoms with Crippen LogP contribution in [0.4, 0.5) is 0 Å². The van der Waals surface area contributed by atoms with E-state index in [4.69, 9.17) is 18.4 Å². The van der Waals surface area contributed by atoms with Crippen LogP contribution < -0.4 is 9.87 Å². The maximum atomic E-state index is 13.9. The Morgan fingerprint density at radius 1 is 0.827 bits per heavy atom. The van der Waals surface area contributed by atoms with Crippen LogP contribution in [0.2, 0.25) is 0 Å². The van der Waals surface area contributed by atoms with E-state index in [-0.39, 0.29) is 35.7 Å². The number of esters is 2. The van der Waals surface area contributed by atoms with Crippen molar-refractivity contribution in [1.29, 1.82) is 0 Å². The van der Waals surface area contributed by atoms with Crippen molar-refractivity contribution in [1.82, 2.24) is 9.55 Å². The van der Waals surface area contributed by atoms with Crippen LogP contribution in [0.5, 0.6) is 5.88 Å². The molecule has 1 aromatic heterocycles. The second-order valence-electron chi connectivity index (χ2n) is 14.1. The lowest BCUT2D eigenvalue weighted by Crippen LogP contribution is -2.32. The van der Waals surface area contributed by atoms with E-state index in [0.717, 1.165) is 21.3 Å². The summed E-state index contributed by atoms with van der Waals surface area (Å²) >= 11 is 0. The first-order valence-electron chi connectivity index (χ1n) is 17.4. The van der Waals surface area contributed by atoms with Crippen molar-refractivity contribution in [3.05, 3.63) is 122 Å². The number of nitrogens with zero attached hydrogens (tertiary/aromatic N) is 2. The summed E-state index contributed by atoms with van der Waals surface area (Å²) in [5, 5.41) is 0. The van der Waals surface area contributed by atoms with Gasteiger partial charge in [0.25, 0.3) is 0 Å². The third-order valence-corrected chi connectivity index (χ3v) is 10.4. The number of carbonyl (C=O) groups excluding carboxylic acids is 2. The Bertz CT molecular complexity index is 2060. The van der Waals surface area contributed by atoms with Gasteiger partial charge in [-0.1, -0.05) is 89.1 Å². The molecular weight excluding hydrogens is 685 g/mol. The Morgan fingerprint density at radius 3 is 1.87 bits per heavy atom. The molecule has 5 rings (SSSR count). The molecule has 11 nitrogen and oxygen atoms in total. The van der Waals surface area contributed by atoms with Crippen LogP contribution in [-0.2, 0) is 24.3 Å². The number of carbonyl (C=O) groups is 2. The van der Waals surface area contributed by atoms with E-state index in [0.29, 0.717) is 22.3 Å². The fourth-order valence-corrected chi connectivity index (χ4v) is 7.53. The first-order valence-corrected chi connectivity index (χ1v) is 18.8. The van der Waals surface area contributed by atoms with E-state index in [1.54, 1.807) is 48.5 Å². The molecule has 276 valence electrons. The lowest BCUT2D eigenvalue weighted by molar-refractivity contribution is -0.0582. The molecule has 1 aliphatic heterocycles. The minimum Gasteiger partial charge on any atom is -0.459 e. The summed E-state index contributed by atoms with van der Waals surface area (Å²) in [6, 6.07) is 18.8. The third-order valence-electron chi connectivity index (χ3n) is 9.03. The van der Waals surface area contributed by atoms with Gasteiger partial charge in [-0.15, -0.1) is 0 Å². The maximum absolute atomic E-state index is 13.9. The molecule has 1 fully saturated rings. The Balaban J connectivity index is 1.39. The van der Waals surface area contributed by atoms with Crippen LogP contribution in [-0.4, -0.2) is 48.7 Å². The van der Waals surface area contributed by atoms with Crippen LogP contribution in [0.3, 0.4) is 0 Å². The molecule has 3 aromatic carbocycles. The summed E-state index contributed by atoms with van der Waals surface area (Å²) in [6.45, 7) is 15.3. The summed E-state index contributed by atoms with van der Waals surface area (Å²) in [7, 11) is -4.40. The predicted octanol–water partition coefficient (Wildman–Crippen LogP) is 7.37. The van der Waals surface area contributed by atoms with Crippen molar-refractivity contribution in [2.75, 3.05) is 6.61 Å². The van der Waals surface area contributed by atoms with Crippen LogP contribution in [0, 0.1) is 13.8 Å². The average molecular weight is 731 g/mol. The molecule has 0 saturated carbocycles. The van der Waals surface area contributed by atoms with E-state index < -0.39 is 52.1 Å². The quantitative estimate of drug-likeness (QED) is 0.107. The number of aromatic nitrogens is 2. The fraction of sp³-hybridized carbons (Fsp3) is 0.400. The second-order valence-corrected chi connectivity index (χ2v) is 15.6. The van der Waals surface area contributed by atoms with E-state index >= 15 is 0 Å². The van der Waals surface area contributed by atoms with Crippen molar-refractivity contribution < 1.29 is 36.4 Å². The molecule has 1 saturated heterocycles. The van der Waals surface area contributed by atoms with Crippen LogP contribution in [0.25, 0.3) is 0 Å². The van der Waals surface area contributed by atoms with Crippen LogP contribution in [0.15, 0.2) is 82.6 Å². The zero-order valence-corrected chi connectivity index (χ0v) is 31.6. The van der Waals surface area contributed by atoms with Crippen molar-refractivity contribution >= 4 is 22.1 Å². The SMILES string of the molecule is Cc1ccc(C(=O)OC[C@H]2O[C@@H](n3ccc(OS(=O)(=O)c4c(C(C)C)cc(C(C)C)cc4C(C)C)nc3=O)C[C@@H]2OC(=O)c2ccc(C)cc2)cc1. The minimum absolute atomic E-state index is 0.0299. The molecule has 0 amide bonds. The Labute approximate surface area is 305 Å². The number of ether oxygens (including phenoxy) is 3. The molecule has 1 aliphatic rings. The van der Waals surface area contributed by atoms with Gasteiger partial charge in [-0.2, -0.15) is 13.4 Å². The maximum Gasteiger partial charge on any atom is 0.353 e. The standard InChI is InChI=1S/C40H46N2O9S/c1-23(2)30-19-31(24(3)4)37(32(20-30)25(5)6)52(46,47)51-35-17-18-42(40(45)41-35)36-21-33(50-39(44)29-15-11-27(8)12-16-29)34(49-36)22-48-38(43)28-13-9-26(7)10-14-28/h9-20,23-25,33-34,36H,21-22H2,1-8H3/t33-,34+,36+/m0/s1. The Kier molecular flexibility index (Phi) is 11.7. The second kappa shape index (κ2) is 15.8. The van der Waals surface area contributed by atoms with E-state index in [2.05, 4.69) is 18.8 Å². The van der Waals surface area contributed by atoms with Crippen molar-refractivity contribution in [3.63, 3.8) is 0 Å². The van der Waals surface area contributed by atoms with Crippen LogP contribution in [0.1, 0.15) is 120 Å². The summed E-state index contributed by atoms with van der Waals surface area (Å²) in [6.07, 6.45) is -1.45. The molecule has 0 unspecified atom stereocenters. The Morgan fingerprint density at radius 2 is 1.37 bits per heavy atom. The van der Waals surface area contributed by atoms with Gasteiger partial charge in [-0.25, -0.2) is 14.4 Å². The molecule has 4 aromatic rings. The van der Waals surface area contributed by atoms with Gasteiger partial charge in [0.1, 0.15) is 29.9 Å². The van der Waals surface area contributed by atoms with Crippen molar-refractivity contribution in [2.24, 2.45) is 0 Å². The Hall–Kier alpha value is -4.81. The number of benzene rings is 3. The van der Waals surface area contributed by atoms with Gasteiger partial charge in [0, 0.05) is 18.7 Å². The molecular formula is C40H46N2O9S. The first kappa shape index (κ1) is 38.4. The molecule has 12 heteroatoms. The number of hydrogen-bond acceptors (Lipinski definition) is 10.